The summed E-state index contributed by atoms with van der Waals surface area (Å²) < 4.78 is 30.7. The highest BCUT2D eigenvalue weighted by molar-refractivity contribution is 7.62. The van der Waals surface area contributed by atoms with Gasteiger partial charge in [0.15, 0.2) is 0 Å². The minimum Gasteiger partial charge on any atom is -0.312 e. The second-order valence-corrected chi connectivity index (χ2v) is 6.52. The van der Waals surface area contributed by atoms with Crippen LogP contribution in [0.5, 0.6) is 0 Å². The molecular weight excluding hydrogens is 256 g/mol. The fraction of sp³-hybridized carbons (Fsp3) is 1.00. The molecule has 0 aromatic carbocycles. The summed E-state index contributed by atoms with van der Waals surface area (Å²) >= 11 is 0. The Bertz CT molecular complexity index is 284. The van der Waals surface area contributed by atoms with E-state index in [1.807, 2.05) is 12.0 Å². The summed E-state index contributed by atoms with van der Waals surface area (Å²) in [6, 6.07) is 0. The first kappa shape index (κ1) is 16.3. The van der Waals surface area contributed by atoms with Crippen molar-refractivity contribution in [2.24, 2.45) is 0 Å². The van der Waals surface area contributed by atoms with E-state index < -0.39 is 15.6 Å². The molecule has 98 valence electrons. The predicted octanol–water partition coefficient (Wildman–Crippen LogP) is 2.02. The van der Waals surface area contributed by atoms with Gasteiger partial charge in [-0.1, -0.05) is 26.2 Å². The smallest absolute Gasteiger partial charge is 0.312 e. The van der Waals surface area contributed by atoms with E-state index in [9.17, 15) is 9.13 Å². The quantitative estimate of drug-likeness (QED) is 0.436. The van der Waals surface area contributed by atoms with Gasteiger partial charge in [-0.3, -0.25) is 4.52 Å². The standard InChI is InChI=1S/C7H19NO6P2/c1-3-4-5-6-7-13-16(11,12)14-15(9,10)8-2/h3-7H2,1-2H3,(H,11,12)(H2,8,9,10). The van der Waals surface area contributed by atoms with Crippen LogP contribution in [0.4, 0.5) is 0 Å². The highest BCUT2D eigenvalue weighted by Crippen LogP contribution is 2.57. The second kappa shape index (κ2) is 7.56. The first-order valence-corrected chi connectivity index (χ1v) is 8.11. The van der Waals surface area contributed by atoms with Gasteiger partial charge in [0.25, 0.3) is 0 Å². The van der Waals surface area contributed by atoms with Crippen LogP contribution >= 0.6 is 15.6 Å². The number of hydrogen-bond acceptors (Lipinski definition) is 4. The SMILES string of the molecule is CCCCCCOP(=O)(O)OP(=O)(O)NC. The fourth-order valence-corrected chi connectivity index (χ4v) is 2.91. The summed E-state index contributed by atoms with van der Waals surface area (Å²) in [5, 5.41) is 1.88. The molecule has 0 amide bonds. The highest BCUT2D eigenvalue weighted by atomic mass is 31.3. The highest BCUT2D eigenvalue weighted by Gasteiger charge is 2.32. The largest absolute Gasteiger partial charge is 0.480 e. The summed E-state index contributed by atoms with van der Waals surface area (Å²) in [5.41, 5.74) is 0. The molecule has 0 radical (unpaired) electrons. The minimum absolute atomic E-state index is 0.0253. The predicted molar refractivity (Wildman–Crippen MR) is 59.9 cm³/mol. The summed E-state index contributed by atoms with van der Waals surface area (Å²) in [7, 11) is -7.56. The number of rotatable bonds is 9. The molecule has 0 fully saturated rings. The van der Waals surface area contributed by atoms with Crippen molar-refractivity contribution in [1.29, 1.82) is 0 Å². The Morgan fingerprint density at radius 1 is 1.19 bits per heavy atom. The summed E-state index contributed by atoms with van der Waals surface area (Å²) in [6.45, 7) is 2.06. The van der Waals surface area contributed by atoms with Gasteiger partial charge in [-0.15, -0.1) is 0 Å². The summed E-state index contributed by atoms with van der Waals surface area (Å²) in [4.78, 5) is 18.0. The lowest BCUT2D eigenvalue weighted by Crippen LogP contribution is -2.05. The molecule has 0 aromatic heterocycles. The van der Waals surface area contributed by atoms with E-state index >= 15 is 0 Å². The molecule has 0 aromatic rings. The zero-order chi connectivity index (χ0) is 12.7. The Morgan fingerprint density at radius 2 is 1.81 bits per heavy atom. The lowest BCUT2D eigenvalue weighted by Gasteiger charge is -2.15. The van der Waals surface area contributed by atoms with E-state index in [-0.39, 0.29) is 6.61 Å². The van der Waals surface area contributed by atoms with Gasteiger partial charge >= 0.3 is 15.6 Å². The molecule has 0 spiro atoms. The van der Waals surface area contributed by atoms with E-state index in [4.69, 9.17) is 9.79 Å². The topological polar surface area (TPSA) is 105 Å². The molecule has 7 nitrogen and oxygen atoms in total. The fourth-order valence-electron chi connectivity index (χ4n) is 0.913. The first-order chi connectivity index (χ1) is 7.33. The van der Waals surface area contributed by atoms with Gasteiger partial charge in [-0.2, -0.15) is 4.31 Å². The van der Waals surface area contributed by atoms with Gasteiger partial charge in [0.1, 0.15) is 0 Å². The Balaban J connectivity index is 3.88. The number of phosphoric acid groups is 1. The Hall–Kier alpha value is 0.260. The molecular formula is C7H19NO6P2. The third kappa shape index (κ3) is 8.42. The molecule has 0 aliphatic heterocycles. The van der Waals surface area contributed by atoms with Crippen LogP contribution in [0.3, 0.4) is 0 Å². The second-order valence-electron chi connectivity index (χ2n) is 3.19. The van der Waals surface area contributed by atoms with E-state index in [2.05, 4.69) is 8.83 Å². The van der Waals surface area contributed by atoms with Gasteiger partial charge in [0.2, 0.25) is 0 Å². The number of nitrogens with one attached hydrogen (secondary N) is 1. The maximum atomic E-state index is 11.2. The average Bonchev–Trinajstić information content (AvgIpc) is 2.16. The van der Waals surface area contributed by atoms with Crippen LogP contribution < -0.4 is 5.09 Å². The van der Waals surface area contributed by atoms with Gasteiger partial charge < -0.3 is 9.79 Å². The lowest BCUT2D eigenvalue weighted by molar-refractivity contribution is 0.190. The molecule has 9 heteroatoms. The van der Waals surface area contributed by atoms with Gasteiger partial charge in [-0.25, -0.2) is 14.2 Å². The monoisotopic (exact) mass is 275 g/mol. The van der Waals surface area contributed by atoms with Crippen LogP contribution in [0.25, 0.3) is 0 Å². The lowest BCUT2D eigenvalue weighted by atomic mass is 10.2. The van der Waals surface area contributed by atoms with E-state index in [1.54, 1.807) is 0 Å². The number of phosphoric ester groups is 1. The zero-order valence-corrected chi connectivity index (χ0v) is 11.2. The molecule has 0 rings (SSSR count). The van der Waals surface area contributed by atoms with Crippen LogP contribution in [0, 0.1) is 0 Å². The van der Waals surface area contributed by atoms with E-state index in [1.165, 1.54) is 0 Å². The van der Waals surface area contributed by atoms with Crippen LogP contribution in [-0.2, 0) is 18.0 Å². The van der Waals surface area contributed by atoms with Crippen molar-refractivity contribution in [3.05, 3.63) is 0 Å². The zero-order valence-electron chi connectivity index (χ0n) is 9.46. The average molecular weight is 275 g/mol. The van der Waals surface area contributed by atoms with Crippen molar-refractivity contribution in [2.75, 3.05) is 13.7 Å². The summed E-state index contributed by atoms with van der Waals surface area (Å²) in [5.74, 6) is 0. The molecule has 16 heavy (non-hydrogen) atoms. The van der Waals surface area contributed by atoms with Gasteiger partial charge in [0, 0.05) is 0 Å². The van der Waals surface area contributed by atoms with Crippen LogP contribution in [-0.4, -0.2) is 23.4 Å². The van der Waals surface area contributed by atoms with Crippen molar-refractivity contribution in [3.63, 3.8) is 0 Å². The third-order valence-electron chi connectivity index (χ3n) is 1.75. The maximum absolute atomic E-state index is 11.2. The van der Waals surface area contributed by atoms with Crippen molar-refractivity contribution >= 4 is 15.6 Å². The normalized spacial score (nSPS) is 19.0. The molecule has 3 N–H and O–H groups in total. The molecule has 2 atom stereocenters. The maximum Gasteiger partial charge on any atom is 0.480 e. The van der Waals surface area contributed by atoms with Crippen LogP contribution in [0.15, 0.2) is 0 Å². The van der Waals surface area contributed by atoms with E-state index in [0.717, 1.165) is 26.3 Å². The molecule has 0 aliphatic rings. The van der Waals surface area contributed by atoms with Crippen molar-refractivity contribution in [2.45, 2.75) is 32.6 Å². The first-order valence-electron chi connectivity index (χ1n) is 5.03. The van der Waals surface area contributed by atoms with Crippen LogP contribution in [0.1, 0.15) is 32.6 Å². The molecule has 0 bridgehead atoms. The van der Waals surface area contributed by atoms with Crippen LogP contribution in [0.2, 0.25) is 0 Å². The Kier molecular flexibility index (Phi) is 7.68. The van der Waals surface area contributed by atoms with E-state index in [0.29, 0.717) is 6.42 Å². The number of unbranched alkanes of at least 4 members (excludes halogenated alkanes) is 3. The minimum atomic E-state index is -4.45. The third-order valence-corrected chi connectivity index (χ3v) is 4.53. The van der Waals surface area contributed by atoms with Crippen molar-refractivity contribution in [3.8, 4) is 0 Å². The Morgan fingerprint density at radius 3 is 2.31 bits per heavy atom. The van der Waals surface area contributed by atoms with Gasteiger partial charge in [-0.05, 0) is 13.5 Å². The molecule has 0 aliphatic carbocycles. The molecule has 0 saturated carbocycles. The van der Waals surface area contributed by atoms with Crippen molar-refractivity contribution < 1.29 is 27.8 Å². The summed E-state index contributed by atoms with van der Waals surface area (Å²) in [6.07, 6.45) is 3.53. The number of hydrogen-bond donors (Lipinski definition) is 3. The van der Waals surface area contributed by atoms with Crippen molar-refractivity contribution in [1.82, 2.24) is 5.09 Å². The Labute approximate surface area is 95.4 Å². The molecule has 2 unspecified atom stereocenters. The molecule has 0 saturated heterocycles. The molecule has 0 heterocycles. The van der Waals surface area contributed by atoms with Gasteiger partial charge in [0.05, 0.1) is 6.61 Å².